The average molecular weight is 567 g/mol. The molecule has 0 aliphatic heterocycles. The van der Waals surface area contributed by atoms with E-state index in [1.54, 1.807) is 12.1 Å². The van der Waals surface area contributed by atoms with Crippen molar-refractivity contribution in [3.63, 3.8) is 0 Å². The Morgan fingerprint density at radius 1 is 1.08 bits per heavy atom. The number of nitrogens with one attached hydrogen (secondary N) is 1. The second-order valence-electron chi connectivity index (χ2n) is 7.67. The molecule has 0 saturated carbocycles. The number of rotatable bonds is 8. The van der Waals surface area contributed by atoms with E-state index < -0.39 is 27.1 Å². The molecule has 0 heterocycles. The van der Waals surface area contributed by atoms with Gasteiger partial charge in [0.05, 0.1) is 27.5 Å². The smallest absolute Gasteiger partial charge is 0.318 e. The van der Waals surface area contributed by atoms with Crippen LogP contribution < -0.4 is 14.8 Å². The van der Waals surface area contributed by atoms with Crippen LogP contribution in [0.2, 0.25) is 0 Å². The number of halogens is 1. The number of non-ortho nitro benzene ring substituents is 1. The highest BCUT2D eigenvalue weighted by atomic mass is 79.9. The number of amides is 1. The van der Waals surface area contributed by atoms with Gasteiger partial charge in [-0.05, 0) is 76.8 Å². The summed E-state index contributed by atoms with van der Waals surface area (Å²) in [4.78, 5) is 33.6. The van der Waals surface area contributed by atoms with Crippen LogP contribution in [0.4, 0.5) is 17.1 Å². The lowest BCUT2D eigenvalue weighted by Gasteiger charge is -2.14. The maximum Gasteiger partial charge on any atom is 0.318 e. The molecule has 0 aliphatic rings. The summed E-state index contributed by atoms with van der Waals surface area (Å²) >= 11 is 3.32. The lowest BCUT2D eigenvalue weighted by Crippen LogP contribution is -2.14. The van der Waals surface area contributed by atoms with Crippen molar-refractivity contribution in [1.29, 1.82) is 5.26 Å². The maximum absolute atomic E-state index is 12.8. The lowest BCUT2D eigenvalue weighted by molar-refractivity contribution is -0.394. The first-order valence-corrected chi connectivity index (χ1v) is 11.3. The number of aryl methyl sites for hydroxylation is 1. The van der Waals surface area contributed by atoms with Crippen LogP contribution in [-0.2, 0) is 4.79 Å². The Balaban J connectivity index is 1.96. The molecule has 3 aromatic rings. The summed E-state index contributed by atoms with van der Waals surface area (Å²) in [7, 11) is 1.34. The molecular formula is C25H19BrN4O7. The molecule has 12 heteroatoms. The number of anilines is 1. The number of methoxy groups -OCH3 is 1. The van der Waals surface area contributed by atoms with Gasteiger partial charge in [-0.2, -0.15) is 5.26 Å². The fraction of sp³-hybridized carbons (Fsp3) is 0.120. The van der Waals surface area contributed by atoms with Crippen molar-refractivity contribution < 1.29 is 24.1 Å². The summed E-state index contributed by atoms with van der Waals surface area (Å²) in [6.07, 6.45) is 1.35. The van der Waals surface area contributed by atoms with E-state index in [2.05, 4.69) is 21.2 Å². The molecule has 1 amide bonds. The number of carbonyl (C=O) groups excluding carboxylic acids is 1. The van der Waals surface area contributed by atoms with E-state index in [0.717, 1.165) is 29.3 Å². The summed E-state index contributed by atoms with van der Waals surface area (Å²) in [6.45, 7) is 3.77. The highest BCUT2D eigenvalue weighted by molar-refractivity contribution is 9.10. The summed E-state index contributed by atoms with van der Waals surface area (Å²) < 4.78 is 11.3. The van der Waals surface area contributed by atoms with E-state index in [0.29, 0.717) is 11.3 Å². The Kier molecular flexibility index (Phi) is 8.21. The molecule has 0 aromatic heterocycles. The first-order valence-electron chi connectivity index (χ1n) is 10.5. The number of ether oxygens (including phenoxy) is 2. The SMILES string of the molecule is COc1cc(/C=C(\C#N)C(=O)Nc2cccc(C)c2C)cc(Br)c1Oc1ccc([N+](=O)[O-])cc1[N+](=O)[O-]. The molecule has 0 fully saturated rings. The molecule has 0 unspecified atom stereocenters. The van der Waals surface area contributed by atoms with Gasteiger partial charge in [-0.3, -0.25) is 25.0 Å². The zero-order valence-corrected chi connectivity index (χ0v) is 21.4. The minimum Gasteiger partial charge on any atom is -0.493 e. The summed E-state index contributed by atoms with van der Waals surface area (Å²) in [5, 5.41) is 34.8. The summed E-state index contributed by atoms with van der Waals surface area (Å²) in [5.74, 6) is -0.674. The van der Waals surface area contributed by atoms with Crippen LogP contribution >= 0.6 is 15.9 Å². The minimum absolute atomic E-state index is 0.0509. The van der Waals surface area contributed by atoms with E-state index in [-0.39, 0.29) is 27.3 Å². The van der Waals surface area contributed by atoms with Crippen LogP contribution in [-0.4, -0.2) is 22.9 Å². The quantitative estimate of drug-likeness (QED) is 0.145. The third-order valence-corrected chi connectivity index (χ3v) is 5.93. The van der Waals surface area contributed by atoms with Crippen molar-refractivity contribution in [2.24, 2.45) is 0 Å². The van der Waals surface area contributed by atoms with E-state index >= 15 is 0 Å². The van der Waals surface area contributed by atoms with Gasteiger partial charge in [0.25, 0.3) is 11.6 Å². The first kappa shape index (κ1) is 26.8. The van der Waals surface area contributed by atoms with Gasteiger partial charge in [-0.15, -0.1) is 0 Å². The summed E-state index contributed by atoms with van der Waals surface area (Å²) in [6, 6.07) is 13.3. The fourth-order valence-corrected chi connectivity index (χ4v) is 3.81. The van der Waals surface area contributed by atoms with Crippen LogP contribution in [0.25, 0.3) is 6.08 Å². The number of hydrogen-bond acceptors (Lipinski definition) is 8. The van der Waals surface area contributed by atoms with Gasteiger partial charge < -0.3 is 14.8 Å². The number of nitrogens with zero attached hydrogens (tertiary/aromatic N) is 3. The van der Waals surface area contributed by atoms with Crippen molar-refractivity contribution in [3.8, 4) is 23.3 Å². The molecule has 0 aliphatic carbocycles. The van der Waals surface area contributed by atoms with Crippen molar-refractivity contribution in [2.75, 3.05) is 12.4 Å². The molecule has 0 spiro atoms. The van der Waals surface area contributed by atoms with Crippen LogP contribution in [0.3, 0.4) is 0 Å². The van der Waals surface area contributed by atoms with E-state index in [1.807, 2.05) is 26.0 Å². The van der Waals surface area contributed by atoms with Crippen molar-refractivity contribution in [1.82, 2.24) is 0 Å². The molecule has 3 rings (SSSR count). The highest BCUT2D eigenvalue weighted by Gasteiger charge is 2.23. The zero-order chi connectivity index (χ0) is 27.3. The topological polar surface area (TPSA) is 158 Å². The normalized spacial score (nSPS) is 10.8. The summed E-state index contributed by atoms with van der Waals surface area (Å²) in [5.41, 5.74) is 1.60. The van der Waals surface area contributed by atoms with Crippen LogP contribution in [0, 0.1) is 45.4 Å². The number of carbonyl (C=O) groups is 1. The Bertz CT molecular complexity index is 1500. The predicted octanol–water partition coefficient (Wildman–Crippen LogP) is 6.23. The van der Waals surface area contributed by atoms with Crippen LogP contribution in [0.5, 0.6) is 17.2 Å². The fourth-order valence-electron chi connectivity index (χ4n) is 3.27. The third-order valence-electron chi connectivity index (χ3n) is 5.34. The molecule has 3 aromatic carbocycles. The Labute approximate surface area is 219 Å². The molecule has 37 heavy (non-hydrogen) atoms. The molecule has 11 nitrogen and oxygen atoms in total. The molecule has 0 atom stereocenters. The highest BCUT2D eigenvalue weighted by Crippen LogP contribution is 2.43. The van der Waals surface area contributed by atoms with Gasteiger partial charge >= 0.3 is 5.69 Å². The van der Waals surface area contributed by atoms with Crippen molar-refractivity contribution >= 4 is 45.0 Å². The monoisotopic (exact) mass is 566 g/mol. The maximum atomic E-state index is 12.8. The van der Waals surface area contributed by atoms with Gasteiger partial charge in [-0.1, -0.05) is 12.1 Å². The second-order valence-corrected chi connectivity index (χ2v) is 8.53. The lowest BCUT2D eigenvalue weighted by atomic mass is 10.1. The van der Waals surface area contributed by atoms with E-state index in [4.69, 9.17) is 9.47 Å². The van der Waals surface area contributed by atoms with Gasteiger partial charge in [0, 0.05) is 11.8 Å². The third kappa shape index (κ3) is 6.09. The van der Waals surface area contributed by atoms with Gasteiger partial charge in [0.1, 0.15) is 11.6 Å². The predicted molar refractivity (Wildman–Crippen MR) is 139 cm³/mol. The van der Waals surface area contributed by atoms with Gasteiger partial charge in [0.15, 0.2) is 11.5 Å². The van der Waals surface area contributed by atoms with E-state index in [1.165, 1.54) is 25.3 Å². The Morgan fingerprint density at radius 2 is 1.81 bits per heavy atom. The second kappa shape index (κ2) is 11.3. The number of nitro groups is 2. The minimum atomic E-state index is -0.798. The van der Waals surface area contributed by atoms with Crippen molar-refractivity contribution in [3.05, 3.63) is 95.5 Å². The molecule has 0 bridgehead atoms. The Morgan fingerprint density at radius 3 is 2.43 bits per heavy atom. The molecule has 0 saturated heterocycles. The van der Waals surface area contributed by atoms with Crippen LogP contribution in [0.15, 0.2) is 58.6 Å². The molecule has 1 N–H and O–H groups in total. The number of nitriles is 1. The van der Waals surface area contributed by atoms with Crippen molar-refractivity contribution in [2.45, 2.75) is 13.8 Å². The standard InChI is InChI=1S/C25H19BrN4O7/c1-14-5-4-6-20(15(14)2)28-25(31)17(13-27)9-16-10-19(26)24(23(11-16)36-3)37-22-8-7-18(29(32)33)12-21(22)30(34)35/h4-12H,1-3H3,(H,28,31)/b17-9+. The zero-order valence-electron chi connectivity index (χ0n) is 19.8. The van der Waals surface area contributed by atoms with Crippen LogP contribution in [0.1, 0.15) is 16.7 Å². The number of nitro benzene ring substituents is 2. The molecule has 188 valence electrons. The average Bonchev–Trinajstić information content (AvgIpc) is 2.86. The number of hydrogen-bond donors (Lipinski definition) is 1. The Hall–Kier alpha value is -4.76. The largest absolute Gasteiger partial charge is 0.493 e. The van der Waals surface area contributed by atoms with E-state index in [9.17, 15) is 30.3 Å². The molecule has 0 radical (unpaired) electrons. The molecular weight excluding hydrogens is 548 g/mol. The van der Waals surface area contributed by atoms with Gasteiger partial charge in [-0.25, -0.2) is 0 Å². The number of benzene rings is 3. The van der Waals surface area contributed by atoms with Gasteiger partial charge in [0.2, 0.25) is 5.75 Å². The first-order chi connectivity index (χ1) is 17.5.